The molecule has 0 spiro atoms. The Morgan fingerprint density at radius 1 is 1.35 bits per heavy atom. The first kappa shape index (κ1) is 14.4. The molecule has 0 saturated heterocycles. The van der Waals surface area contributed by atoms with Crippen molar-refractivity contribution in [2.75, 3.05) is 31.2 Å². The summed E-state index contributed by atoms with van der Waals surface area (Å²) in [5.74, 6) is 3.03. The minimum Gasteiger partial charge on any atom is -0.491 e. The first-order chi connectivity index (χ1) is 8.33. The summed E-state index contributed by atoms with van der Waals surface area (Å²) in [7, 11) is 0. The molecule has 96 valence electrons. The van der Waals surface area contributed by atoms with Crippen LogP contribution in [0.5, 0.6) is 5.75 Å². The van der Waals surface area contributed by atoms with E-state index in [0.717, 1.165) is 23.8 Å². The third-order valence-corrected chi connectivity index (χ3v) is 3.09. The van der Waals surface area contributed by atoms with Gasteiger partial charge in [-0.25, -0.2) is 0 Å². The highest BCUT2D eigenvalue weighted by atomic mass is 32.2. The lowest BCUT2D eigenvalue weighted by molar-refractivity contribution is 0.107. The normalized spacial score (nSPS) is 12.4. The lowest BCUT2D eigenvalue weighted by Gasteiger charge is -2.13. The zero-order valence-electron chi connectivity index (χ0n) is 10.3. The number of aliphatic hydroxyl groups excluding tert-OH is 1. The van der Waals surface area contributed by atoms with Gasteiger partial charge in [-0.05, 0) is 17.9 Å². The molecule has 1 unspecified atom stereocenters. The van der Waals surface area contributed by atoms with Crippen LogP contribution in [0.3, 0.4) is 0 Å². The van der Waals surface area contributed by atoms with E-state index in [1.165, 1.54) is 0 Å². The van der Waals surface area contributed by atoms with Gasteiger partial charge in [-0.1, -0.05) is 25.1 Å². The topological polar surface area (TPSA) is 41.5 Å². The lowest BCUT2D eigenvalue weighted by Crippen LogP contribution is -2.32. The SMILES string of the molecule is CCSCCNCC(O)COc1ccccc1. The first-order valence-electron chi connectivity index (χ1n) is 5.97. The van der Waals surface area contributed by atoms with Crippen molar-refractivity contribution >= 4 is 11.8 Å². The lowest BCUT2D eigenvalue weighted by atomic mass is 10.3. The summed E-state index contributed by atoms with van der Waals surface area (Å²) in [4.78, 5) is 0. The van der Waals surface area contributed by atoms with Gasteiger partial charge in [0.15, 0.2) is 0 Å². The summed E-state index contributed by atoms with van der Waals surface area (Å²) in [6.45, 7) is 3.99. The third-order valence-electron chi connectivity index (χ3n) is 2.19. The molecule has 4 heteroatoms. The van der Waals surface area contributed by atoms with Crippen LogP contribution in [-0.2, 0) is 0 Å². The van der Waals surface area contributed by atoms with Gasteiger partial charge in [-0.15, -0.1) is 0 Å². The molecule has 0 saturated carbocycles. The van der Waals surface area contributed by atoms with E-state index in [1.807, 2.05) is 42.1 Å². The number of rotatable bonds is 9. The number of thioether (sulfide) groups is 1. The van der Waals surface area contributed by atoms with Crippen molar-refractivity contribution in [1.82, 2.24) is 5.32 Å². The van der Waals surface area contributed by atoms with Gasteiger partial charge in [-0.2, -0.15) is 11.8 Å². The smallest absolute Gasteiger partial charge is 0.119 e. The van der Waals surface area contributed by atoms with Gasteiger partial charge in [0.25, 0.3) is 0 Å². The molecule has 2 N–H and O–H groups in total. The van der Waals surface area contributed by atoms with Gasteiger partial charge in [0.2, 0.25) is 0 Å². The van der Waals surface area contributed by atoms with Crippen LogP contribution in [0.4, 0.5) is 0 Å². The molecule has 1 aromatic rings. The van der Waals surface area contributed by atoms with Crippen LogP contribution < -0.4 is 10.1 Å². The van der Waals surface area contributed by atoms with Crippen molar-refractivity contribution in [3.63, 3.8) is 0 Å². The molecule has 0 bridgehead atoms. The molecule has 3 nitrogen and oxygen atoms in total. The Hall–Kier alpha value is -0.710. The van der Waals surface area contributed by atoms with E-state index in [0.29, 0.717) is 13.2 Å². The van der Waals surface area contributed by atoms with Gasteiger partial charge >= 0.3 is 0 Å². The van der Waals surface area contributed by atoms with Crippen LogP contribution in [0.2, 0.25) is 0 Å². The van der Waals surface area contributed by atoms with Crippen molar-refractivity contribution in [2.45, 2.75) is 13.0 Å². The molecule has 0 aliphatic carbocycles. The molecule has 0 aliphatic rings. The summed E-state index contributed by atoms with van der Waals surface area (Å²) in [5, 5.41) is 12.9. The van der Waals surface area contributed by atoms with Crippen LogP contribution in [0.1, 0.15) is 6.92 Å². The maximum atomic E-state index is 9.67. The van der Waals surface area contributed by atoms with E-state index in [9.17, 15) is 5.11 Å². The van der Waals surface area contributed by atoms with Gasteiger partial charge < -0.3 is 15.2 Å². The Kier molecular flexibility index (Phi) is 7.88. The van der Waals surface area contributed by atoms with Crippen molar-refractivity contribution < 1.29 is 9.84 Å². The minimum absolute atomic E-state index is 0.331. The van der Waals surface area contributed by atoms with E-state index >= 15 is 0 Å². The van der Waals surface area contributed by atoms with E-state index in [-0.39, 0.29) is 0 Å². The molecule has 0 fully saturated rings. The van der Waals surface area contributed by atoms with Crippen LogP contribution in [-0.4, -0.2) is 42.4 Å². The predicted molar refractivity (Wildman–Crippen MR) is 73.8 cm³/mol. The predicted octanol–water partition coefficient (Wildman–Crippen LogP) is 1.77. The average molecular weight is 255 g/mol. The molecule has 0 aliphatic heterocycles. The van der Waals surface area contributed by atoms with Gasteiger partial charge in [0.1, 0.15) is 18.5 Å². The molecule has 17 heavy (non-hydrogen) atoms. The van der Waals surface area contributed by atoms with E-state index < -0.39 is 6.10 Å². The second-order valence-electron chi connectivity index (χ2n) is 3.68. The highest BCUT2D eigenvalue weighted by Crippen LogP contribution is 2.08. The second kappa shape index (κ2) is 9.33. The number of ether oxygens (including phenoxy) is 1. The standard InChI is InChI=1S/C13H21NO2S/c1-2-17-9-8-14-10-12(15)11-16-13-6-4-3-5-7-13/h3-7,12,14-15H,2,8-11H2,1H3. The van der Waals surface area contributed by atoms with Crippen molar-refractivity contribution in [1.29, 1.82) is 0 Å². The van der Waals surface area contributed by atoms with Crippen LogP contribution >= 0.6 is 11.8 Å². The number of nitrogens with one attached hydrogen (secondary N) is 1. The molecule has 0 aromatic heterocycles. The molecule has 1 atom stereocenters. The summed E-state index contributed by atoms with van der Waals surface area (Å²) in [6.07, 6.45) is -0.457. The Morgan fingerprint density at radius 2 is 2.12 bits per heavy atom. The molecule has 1 rings (SSSR count). The summed E-state index contributed by atoms with van der Waals surface area (Å²) in [5.41, 5.74) is 0. The number of benzene rings is 1. The van der Waals surface area contributed by atoms with Crippen molar-refractivity contribution in [3.8, 4) is 5.75 Å². The summed E-state index contributed by atoms with van der Waals surface area (Å²) < 4.78 is 5.45. The molecule has 0 radical (unpaired) electrons. The zero-order valence-corrected chi connectivity index (χ0v) is 11.1. The Bertz CT molecular complexity index is 282. The van der Waals surface area contributed by atoms with Gasteiger partial charge in [0, 0.05) is 18.8 Å². The number of hydrogen-bond acceptors (Lipinski definition) is 4. The number of para-hydroxylation sites is 1. The largest absolute Gasteiger partial charge is 0.491 e. The highest BCUT2D eigenvalue weighted by Gasteiger charge is 2.04. The fourth-order valence-electron chi connectivity index (χ4n) is 1.33. The summed E-state index contributed by atoms with van der Waals surface area (Å²) in [6, 6.07) is 9.55. The van der Waals surface area contributed by atoms with Crippen molar-refractivity contribution in [2.24, 2.45) is 0 Å². The third kappa shape index (κ3) is 7.26. The Balaban J connectivity index is 2.03. The van der Waals surface area contributed by atoms with Crippen LogP contribution in [0.15, 0.2) is 30.3 Å². The quantitative estimate of drug-likeness (QED) is 0.660. The fraction of sp³-hybridized carbons (Fsp3) is 0.538. The Morgan fingerprint density at radius 3 is 2.82 bits per heavy atom. The minimum atomic E-state index is -0.457. The molecular formula is C13H21NO2S. The number of hydrogen-bond donors (Lipinski definition) is 2. The molecule has 0 heterocycles. The molecule has 1 aromatic carbocycles. The monoisotopic (exact) mass is 255 g/mol. The zero-order chi connectivity index (χ0) is 12.3. The maximum absolute atomic E-state index is 9.67. The molecular weight excluding hydrogens is 234 g/mol. The number of aliphatic hydroxyl groups is 1. The van der Waals surface area contributed by atoms with E-state index in [1.54, 1.807) is 0 Å². The van der Waals surface area contributed by atoms with Crippen LogP contribution in [0.25, 0.3) is 0 Å². The highest BCUT2D eigenvalue weighted by molar-refractivity contribution is 7.99. The van der Waals surface area contributed by atoms with Crippen LogP contribution in [0, 0.1) is 0 Å². The second-order valence-corrected chi connectivity index (χ2v) is 5.07. The summed E-state index contributed by atoms with van der Waals surface area (Å²) >= 11 is 1.89. The Labute approximate surface area is 108 Å². The van der Waals surface area contributed by atoms with Gasteiger partial charge in [0.05, 0.1) is 0 Å². The van der Waals surface area contributed by atoms with Crippen molar-refractivity contribution in [3.05, 3.63) is 30.3 Å². The molecule has 0 amide bonds. The van der Waals surface area contributed by atoms with Gasteiger partial charge in [-0.3, -0.25) is 0 Å². The van der Waals surface area contributed by atoms with E-state index in [4.69, 9.17) is 4.74 Å². The maximum Gasteiger partial charge on any atom is 0.119 e. The average Bonchev–Trinajstić information content (AvgIpc) is 2.37. The fourth-order valence-corrected chi connectivity index (χ4v) is 1.90. The van der Waals surface area contributed by atoms with E-state index in [2.05, 4.69) is 12.2 Å². The first-order valence-corrected chi connectivity index (χ1v) is 7.12.